The second-order valence-corrected chi connectivity index (χ2v) is 4.02. The van der Waals surface area contributed by atoms with Crippen LogP contribution in [-0.4, -0.2) is 6.29 Å². The highest BCUT2D eigenvalue weighted by Gasteiger charge is 2.23. The molecule has 0 aromatic heterocycles. The number of hydrogen-bond acceptors (Lipinski definition) is 2. The molecule has 2 rings (SSSR count). The molecule has 13 heavy (non-hydrogen) atoms. The predicted octanol–water partition coefficient (Wildman–Crippen LogP) is 2.74. The first-order valence-corrected chi connectivity index (χ1v) is 4.53. The summed E-state index contributed by atoms with van der Waals surface area (Å²) in [6.07, 6.45) is 8.05. The van der Waals surface area contributed by atoms with Crippen LogP contribution in [0.15, 0.2) is 35.8 Å². The Morgan fingerprint density at radius 1 is 1.08 bits per heavy atom. The Hall–Kier alpha value is -1.18. The molecule has 1 heterocycles. The lowest BCUT2D eigenvalue weighted by Gasteiger charge is -2.13. The molecular weight excluding hydrogens is 164 g/mol. The standard InChI is InChI=1S/C11H14O2/c1-8-12-9-4-6-11(2,3)7-5-10(9)13-8/h4-8H,1-3H3. The van der Waals surface area contributed by atoms with Crippen LogP contribution < -0.4 is 0 Å². The molecule has 0 aromatic rings. The average molecular weight is 178 g/mol. The molecule has 0 N–H and O–H groups in total. The maximum Gasteiger partial charge on any atom is 0.238 e. The van der Waals surface area contributed by atoms with E-state index in [0.29, 0.717) is 0 Å². The largest absolute Gasteiger partial charge is 0.451 e. The molecule has 0 amide bonds. The molecule has 0 aromatic carbocycles. The first kappa shape index (κ1) is 8.42. The lowest BCUT2D eigenvalue weighted by Crippen LogP contribution is -2.04. The van der Waals surface area contributed by atoms with Crippen LogP contribution in [0.1, 0.15) is 20.8 Å². The van der Waals surface area contributed by atoms with Gasteiger partial charge in [-0.2, -0.15) is 0 Å². The lowest BCUT2D eigenvalue weighted by atomic mass is 9.93. The smallest absolute Gasteiger partial charge is 0.238 e. The van der Waals surface area contributed by atoms with Gasteiger partial charge < -0.3 is 9.47 Å². The first-order chi connectivity index (χ1) is 6.07. The zero-order valence-corrected chi connectivity index (χ0v) is 8.20. The maximum absolute atomic E-state index is 5.46. The number of allylic oxidation sites excluding steroid dienone is 4. The van der Waals surface area contributed by atoms with E-state index in [2.05, 4.69) is 26.0 Å². The topological polar surface area (TPSA) is 18.5 Å². The molecule has 1 aliphatic carbocycles. The van der Waals surface area contributed by atoms with Crippen LogP contribution in [-0.2, 0) is 9.47 Å². The highest BCUT2D eigenvalue weighted by Crippen LogP contribution is 2.31. The third kappa shape index (κ3) is 1.62. The molecule has 2 nitrogen and oxygen atoms in total. The van der Waals surface area contributed by atoms with E-state index in [9.17, 15) is 0 Å². The summed E-state index contributed by atoms with van der Waals surface area (Å²) in [5.41, 5.74) is 0.0836. The predicted molar refractivity (Wildman–Crippen MR) is 50.7 cm³/mol. The molecule has 0 atom stereocenters. The molecule has 0 bridgehead atoms. The minimum atomic E-state index is -0.152. The van der Waals surface area contributed by atoms with Crippen LogP contribution >= 0.6 is 0 Å². The van der Waals surface area contributed by atoms with Gasteiger partial charge in [0.05, 0.1) is 0 Å². The first-order valence-electron chi connectivity index (χ1n) is 4.53. The van der Waals surface area contributed by atoms with Gasteiger partial charge in [0, 0.05) is 12.3 Å². The Balaban J connectivity index is 2.29. The quantitative estimate of drug-likeness (QED) is 0.568. The fourth-order valence-corrected chi connectivity index (χ4v) is 1.38. The van der Waals surface area contributed by atoms with Gasteiger partial charge >= 0.3 is 0 Å². The summed E-state index contributed by atoms with van der Waals surface area (Å²) in [6.45, 7) is 6.18. The monoisotopic (exact) mass is 178 g/mol. The van der Waals surface area contributed by atoms with Crippen LogP contribution in [0.4, 0.5) is 0 Å². The minimum Gasteiger partial charge on any atom is -0.451 e. The maximum atomic E-state index is 5.46. The van der Waals surface area contributed by atoms with Crippen molar-refractivity contribution in [3.05, 3.63) is 35.8 Å². The van der Waals surface area contributed by atoms with Gasteiger partial charge in [-0.15, -0.1) is 0 Å². The molecule has 2 heteroatoms. The molecule has 0 saturated heterocycles. The van der Waals surface area contributed by atoms with Gasteiger partial charge in [-0.25, -0.2) is 0 Å². The molecule has 0 radical (unpaired) electrons. The van der Waals surface area contributed by atoms with Crippen molar-refractivity contribution in [3.8, 4) is 0 Å². The van der Waals surface area contributed by atoms with Gasteiger partial charge in [0.25, 0.3) is 0 Å². The van der Waals surface area contributed by atoms with Crippen molar-refractivity contribution in [1.82, 2.24) is 0 Å². The molecular formula is C11H14O2. The number of hydrogen-bond donors (Lipinski definition) is 0. The van der Waals surface area contributed by atoms with E-state index in [0.717, 1.165) is 11.5 Å². The SMILES string of the molecule is CC1OC2=C(C=CC(C)(C)C=C2)O1. The van der Waals surface area contributed by atoms with Crippen molar-refractivity contribution in [1.29, 1.82) is 0 Å². The molecule has 70 valence electrons. The van der Waals surface area contributed by atoms with Gasteiger partial charge in [-0.1, -0.05) is 26.0 Å². The molecule has 2 aliphatic rings. The van der Waals surface area contributed by atoms with Crippen LogP contribution in [0.25, 0.3) is 0 Å². The van der Waals surface area contributed by atoms with Crippen LogP contribution in [0.5, 0.6) is 0 Å². The highest BCUT2D eigenvalue weighted by atomic mass is 16.7. The Bertz CT molecular complexity index is 280. The fourth-order valence-electron chi connectivity index (χ4n) is 1.38. The summed E-state index contributed by atoms with van der Waals surface area (Å²) in [6, 6.07) is 0. The van der Waals surface area contributed by atoms with E-state index >= 15 is 0 Å². The van der Waals surface area contributed by atoms with Gasteiger partial charge in [-0.05, 0) is 12.2 Å². The van der Waals surface area contributed by atoms with Crippen molar-refractivity contribution in [2.75, 3.05) is 0 Å². The zero-order chi connectivity index (χ0) is 9.47. The average Bonchev–Trinajstić information content (AvgIpc) is 2.34. The van der Waals surface area contributed by atoms with E-state index in [1.807, 2.05) is 19.1 Å². The van der Waals surface area contributed by atoms with Crippen molar-refractivity contribution in [2.24, 2.45) is 5.41 Å². The van der Waals surface area contributed by atoms with Gasteiger partial charge in [-0.3, -0.25) is 0 Å². The Labute approximate surface area is 78.5 Å². The highest BCUT2D eigenvalue weighted by molar-refractivity contribution is 5.33. The number of ether oxygens (including phenoxy) is 2. The molecule has 0 saturated carbocycles. The molecule has 0 unspecified atom stereocenters. The molecule has 0 fully saturated rings. The molecule has 0 spiro atoms. The minimum absolute atomic E-state index is 0.0836. The summed E-state index contributed by atoms with van der Waals surface area (Å²) >= 11 is 0. The summed E-state index contributed by atoms with van der Waals surface area (Å²) in [5.74, 6) is 1.68. The van der Waals surface area contributed by atoms with Gasteiger partial charge in [0.15, 0.2) is 11.5 Å². The fraction of sp³-hybridized carbons (Fsp3) is 0.455. The number of rotatable bonds is 0. The van der Waals surface area contributed by atoms with Crippen molar-refractivity contribution in [3.63, 3.8) is 0 Å². The van der Waals surface area contributed by atoms with Crippen molar-refractivity contribution < 1.29 is 9.47 Å². The summed E-state index contributed by atoms with van der Waals surface area (Å²) < 4.78 is 10.9. The Morgan fingerprint density at radius 3 is 2.00 bits per heavy atom. The Kier molecular flexibility index (Phi) is 1.72. The van der Waals surface area contributed by atoms with Gasteiger partial charge in [0.2, 0.25) is 6.29 Å². The zero-order valence-electron chi connectivity index (χ0n) is 8.20. The summed E-state index contributed by atoms with van der Waals surface area (Å²) in [7, 11) is 0. The summed E-state index contributed by atoms with van der Waals surface area (Å²) in [4.78, 5) is 0. The molecule has 1 aliphatic heterocycles. The van der Waals surface area contributed by atoms with Gasteiger partial charge in [0.1, 0.15) is 0 Å². The van der Waals surface area contributed by atoms with Crippen molar-refractivity contribution >= 4 is 0 Å². The van der Waals surface area contributed by atoms with E-state index in [-0.39, 0.29) is 11.7 Å². The lowest BCUT2D eigenvalue weighted by molar-refractivity contribution is -0.0178. The van der Waals surface area contributed by atoms with E-state index in [1.54, 1.807) is 0 Å². The second-order valence-electron chi connectivity index (χ2n) is 4.02. The second kappa shape index (κ2) is 2.66. The third-order valence-corrected chi connectivity index (χ3v) is 2.16. The van der Waals surface area contributed by atoms with Crippen LogP contribution in [0, 0.1) is 5.41 Å². The third-order valence-electron chi connectivity index (χ3n) is 2.16. The van der Waals surface area contributed by atoms with E-state index < -0.39 is 0 Å². The Morgan fingerprint density at radius 2 is 1.54 bits per heavy atom. The normalized spacial score (nSPS) is 25.2. The van der Waals surface area contributed by atoms with E-state index in [4.69, 9.17) is 9.47 Å². The van der Waals surface area contributed by atoms with E-state index in [1.165, 1.54) is 0 Å². The summed E-state index contributed by atoms with van der Waals surface area (Å²) in [5, 5.41) is 0. The van der Waals surface area contributed by atoms with Crippen molar-refractivity contribution in [2.45, 2.75) is 27.1 Å². The van der Waals surface area contributed by atoms with Crippen LogP contribution in [0.3, 0.4) is 0 Å². The van der Waals surface area contributed by atoms with Crippen LogP contribution in [0.2, 0.25) is 0 Å².